The van der Waals surface area contributed by atoms with E-state index in [0.717, 1.165) is 11.3 Å². The summed E-state index contributed by atoms with van der Waals surface area (Å²) in [6.45, 7) is 7.60. The molecule has 1 aliphatic rings. The molecule has 7 heteroatoms. The quantitative estimate of drug-likeness (QED) is 0.595. The lowest BCUT2D eigenvalue weighted by molar-refractivity contribution is -0.184. The van der Waals surface area contributed by atoms with E-state index in [4.69, 9.17) is 14.2 Å². The summed E-state index contributed by atoms with van der Waals surface area (Å²) in [6.07, 6.45) is -0.983. The van der Waals surface area contributed by atoms with Crippen LogP contribution in [0.25, 0.3) is 0 Å². The SMILES string of the molecule is CC(C)Nc1ccc(COC(=O)C(C)C)cc1OC1CC(O)CC(CO)O1. The van der Waals surface area contributed by atoms with Crippen LogP contribution in [0.1, 0.15) is 46.1 Å². The summed E-state index contributed by atoms with van der Waals surface area (Å²) in [6, 6.07) is 5.74. The highest BCUT2D eigenvalue weighted by Gasteiger charge is 2.29. The van der Waals surface area contributed by atoms with E-state index in [-0.39, 0.29) is 31.1 Å². The third-order valence-corrected chi connectivity index (χ3v) is 4.15. The summed E-state index contributed by atoms with van der Waals surface area (Å²) in [5.74, 6) is 0.110. The van der Waals surface area contributed by atoms with Crippen molar-refractivity contribution in [2.45, 2.75) is 71.7 Å². The minimum absolute atomic E-state index is 0.156. The van der Waals surface area contributed by atoms with E-state index in [1.807, 2.05) is 26.0 Å². The number of aliphatic hydroxyl groups excluding tert-OH is 2. The van der Waals surface area contributed by atoms with Crippen LogP contribution in [0, 0.1) is 5.92 Å². The Hall–Kier alpha value is -1.83. The average molecular weight is 381 g/mol. The lowest BCUT2D eigenvalue weighted by atomic mass is 10.1. The molecule has 3 atom stereocenters. The van der Waals surface area contributed by atoms with Crippen LogP contribution in [0.15, 0.2) is 18.2 Å². The van der Waals surface area contributed by atoms with Crippen LogP contribution < -0.4 is 10.1 Å². The molecule has 1 heterocycles. The molecule has 0 amide bonds. The largest absolute Gasteiger partial charge is 0.463 e. The third kappa shape index (κ3) is 6.68. The van der Waals surface area contributed by atoms with Crippen molar-refractivity contribution in [3.8, 4) is 5.75 Å². The van der Waals surface area contributed by atoms with Gasteiger partial charge in [-0.15, -0.1) is 0 Å². The second-order valence-corrected chi connectivity index (χ2v) is 7.51. The molecule has 3 unspecified atom stereocenters. The van der Waals surface area contributed by atoms with E-state index < -0.39 is 18.5 Å². The highest BCUT2D eigenvalue weighted by molar-refractivity contribution is 5.71. The van der Waals surface area contributed by atoms with Crippen molar-refractivity contribution in [3.05, 3.63) is 23.8 Å². The fourth-order valence-electron chi connectivity index (χ4n) is 2.79. The predicted octanol–water partition coefficient (Wildman–Crippen LogP) is 2.44. The molecular formula is C20H31NO6. The van der Waals surface area contributed by atoms with Crippen LogP contribution >= 0.6 is 0 Å². The van der Waals surface area contributed by atoms with Gasteiger partial charge in [0.2, 0.25) is 6.29 Å². The molecule has 0 aromatic heterocycles. The first kappa shape index (κ1) is 21.5. The van der Waals surface area contributed by atoms with Gasteiger partial charge in [0.1, 0.15) is 12.4 Å². The smallest absolute Gasteiger partial charge is 0.308 e. The maximum Gasteiger partial charge on any atom is 0.308 e. The van der Waals surface area contributed by atoms with E-state index >= 15 is 0 Å². The van der Waals surface area contributed by atoms with Gasteiger partial charge in [0.05, 0.1) is 30.4 Å². The van der Waals surface area contributed by atoms with Crippen molar-refractivity contribution in [1.29, 1.82) is 0 Å². The Kier molecular flexibility index (Phi) is 7.89. The van der Waals surface area contributed by atoms with E-state index in [9.17, 15) is 15.0 Å². The zero-order valence-corrected chi connectivity index (χ0v) is 16.5. The summed E-state index contributed by atoms with van der Waals surface area (Å²) in [7, 11) is 0. The maximum absolute atomic E-state index is 11.7. The third-order valence-electron chi connectivity index (χ3n) is 4.15. The van der Waals surface area contributed by atoms with Crippen molar-refractivity contribution in [1.82, 2.24) is 0 Å². The van der Waals surface area contributed by atoms with Gasteiger partial charge >= 0.3 is 5.97 Å². The van der Waals surface area contributed by atoms with Gasteiger partial charge in [-0.2, -0.15) is 0 Å². The number of benzene rings is 1. The first-order valence-corrected chi connectivity index (χ1v) is 9.45. The zero-order valence-electron chi connectivity index (χ0n) is 16.5. The van der Waals surface area contributed by atoms with Gasteiger partial charge in [-0.1, -0.05) is 19.9 Å². The number of hydrogen-bond donors (Lipinski definition) is 3. The standard InChI is InChI=1S/C20H31NO6/c1-12(2)20(24)25-11-14-5-6-17(21-13(3)4)18(7-14)27-19-9-15(23)8-16(10-22)26-19/h5-7,12-13,15-16,19,21-23H,8-11H2,1-4H3. The van der Waals surface area contributed by atoms with E-state index in [1.165, 1.54) is 0 Å². The van der Waals surface area contributed by atoms with E-state index in [2.05, 4.69) is 5.32 Å². The minimum atomic E-state index is -0.660. The lowest BCUT2D eigenvalue weighted by Crippen LogP contribution is -2.40. The van der Waals surface area contributed by atoms with Gasteiger partial charge in [-0.25, -0.2) is 0 Å². The van der Waals surface area contributed by atoms with Crippen LogP contribution in [-0.2, 0) is 20.9 Å². The molecule has 2 rings (SSSR count). The molecule has 0 aliphatic carbocycles. The minimum Gasteiger partial charge on any atom is -0.463 e. The number of esters is 1. The van der Waals surface area contributed by atoms with E-state index in [1.54, 1.807) is 19.9 Å². The Morgan fingerprint density at radius 2 is 2.04 bits per heavy atom. The Bertz CT molecular complexity index is 618. The molecule has 27 heavy (non-hydrogen) atoms. The Labute approximate surface area is 160 Å². The molecule has 0 radical (unpaired) electrons. The van der Waals surface area contributed by atoms with E-state index in [0.29, 0.717) is 18.6 Å². The zero-order chi connectivity index (χ0) is 20.0. The molecule has 0 spiro atoms. The molecule has 7 nitrogen and oxygen atoms in total. The van der Waals surface area contributed by atoms with Crippen LogP contribution in [0.3, 0.4) is 0 Å². The highest BCUT2D eigenvalue weighted by atomic mass is 16.7. The van der Waals surface area contributed by atoms with Crippen LogP contribution in [0.2, 0.25) is 0 Å². The Morgan fingerprint density at radius 3 is 2.67 bits per heavy atom. The summed E-state index contributed by atoms with van der Waals surface area (Å²) < 4.78 is 17.0. The van der Waals surface area contributed by atoms with Crippen LogP contribution in [-0.4, -0.2) is 47.3 Å². The summed E-state index contributed by atoms with van der Waals surface area (Å²) >= 11 is 0. The molecule has 0 saturated carbocycles. The topological polar surface area (TPSA) is 97.3 Å². The van der Waals surface area contributed by atoms with Crippen molar-refractivity contribution >= 4 is 11.7 Å². The van der Waals surface area contributed by atoms with Crippen molar-refractivity contribution in [2.24, 2.45) is 5.92 Å². The second-order valence-electron chi connectivity index (χ2n) is 7.51. The van der Waals surface area contributed by atoms with Crippen LogP contribution in [0.5, 0.6) is 5.75 Å². The number of aliphatic hydroxyl groups is 2. The fraction of sp³-hybridized carbons (Fsp3) is 0.650. The molecule has 152 valence electrons. The van der Waals surface area contributed by atoms with Gasteiger partial charge in [0.15, 0.2) is 0 Å². The van der Waals surface area contributed by atoms with Gasteiger partial charge in [-0.3, -0.25) is 4.79 Å². The summed E-state index contributed by atoms with van der Waals surface area (Å²) in [4.78, 5) is 11.7. The Balaban J connectivity index is 2.14. The van der Waals surface area contributed by atoms with Gasteiger partial charge in [-0.05, 0) is 31.5 Å². The monoisotopic (exact) mass is 381 g/mol. The number of ether oxygens (including phenoxy) is 3. The van der Waals surface area contributed by atoms with Crippen molar-refractivity contribution < 1.29 is 29.2 Å². The number of carbonyl (C=O) groups excluding carboxylic acids is 1. The number of nitrogens with one attached hydrogen (secondary N) is 1. The number of hydrogen-bond acceptors (Lipinski definition) is 7. The maximum atomic E-state index is 11.7. The summed E-state index contributed by atoms with van der Waals surface area (Å²) in [5, 5.41) is 22.6. The van der Waals surface area contributed by atoms with Crippen molar-refractivity contribution in [3.63, 3.8) is 0 Å². The van der Waals surface area contributed by atoms with Gasteiger partial charge < -0.3 is 29.7 Å². The molecule has 1 saturated heterocycles. The summed E-state index contributed by atoms with van der Waals surface area (Å²) in [5.41, 5.74) is 1.58. The molecule has 1 aromatic rings. The molecular weight excluding hydrogens is 350 g/mol. The molecule has 0 bridgehead atoms. The molecule has 1 aliphatic heterocycles. The van der Waals surface area contributed by atoms with Crippen molar-refractivity contribution in [2.75, 3.05) is 11.9 Å². The van der Waals surface area contributed by atoms with Gasteiger partial charge in [0.25, 0.3) is 0 Å². The average Bonchev–Trinajstić information content (AvgIpc) is 2.60. The molecule has 1 fully saturated rings. The molecule has 1 aromatic carbocycles. The number of carbonyl (C=O) groups is 1. The normalized spacial score (nSPS) is 22.7. The first-order chi connectivity index (χ1) is 12.8. The lowest BCUT2D eigenvalue weighted by Gasteiger charge is -2.32. The highest BCUT2D eigenvalue weighted by Crippen LogP contribution is 2.31. The van der Waals surface area contributed by atoms with Gasteiger partial charge in [0, 0.05) is 18.9 Å². The Morgan fingerprint density at radius 1 is 1.30 bits per heavy atom. The second kappa shape index (κ2) is 9.92. The fourth-order valence-corrected chi connectivity index (χ4v) is 2.79. The molecule has 3 N–H and O–H groups in total. The predicted molar refractivity (Wildman–Crippen MR) is 101 cm³/mol. The number of rotatable bonds is 8. The number of anilines is 1. The first-order valence-electron chi connectivity index (χ1n) is 9.45. The van der Waals surface area contributed by atoms with Crippen LogP contribution in [0.4, 0.5) is 5.69 Å².